The lowest BCUT2D eigenvalue weighted by molar-refractivity contribution is -0.133. The maximum atomic E-state index is 12.4. The zero-order valence-corrected chi connectivity index (χ0v) is 13.5. The molecule has 7 heteroatoms. The molecule has 1 aromatic heterocycles. The first kappa shape index (κ1) is 16.5. The molecule has 1 saturated heterocycles. The quantitative estimate of drug-likeness (QED) is 0.821. The van der Waals surface area contributed by atoms with Crippen molar-refractivity contribution >= 4 is 12.3 Å². The Morgan fingerprint density at radius 1 is 1.59 bits per heavy atom. The van der Waals surface area contributed by atoms with E-state index in [4.69, 9.17) is 9.26 Å². The van der Waals surface area contributed by atoms with Gasteiger partial charge in [-0.1, -0.05) is 5.16 Å². The highest BCUT2D eigenvalue weighted by Gasteiger charge is 2.37. The van der Waals surface area contributed by atoms with E-state index in [1.54, 1.807) is 17.9 Å². The molecule has 0 radical (unpaired) electrons. The van der Waals surface area contributed by atoms with E-state index in [0.29, 0.717) is 25.1 Å². The first-order chi connectivity index (χ1) is 10.3. The van der Waals surface area contributed by atoms with E-state index in [9.17, 15) is 9.59 Å². The Morgan fingerprint density at radius 3 is 2.86 bits per heavy atom. The molecule has 1 aliphatic rings. The summed E-state index contributed by atoms with van der Waals surface area (Å²) >= 11 is 0. The van der Waals surface area contributed by atoms with Gasteiger partial charge in [-0.15, -0.1) is 0 Å². The van der Waals surface area contributed by atoms with Crippen molar-refractivity contribution in [2.45, 2.75) is 58.4 Å². The molecule has 0 aromatic carbocycles. The van der Waals surface area contributed by atoms with Crippen molar-refractivity contribution < 1.29 is 18.8 Å². The highest BCUT2D eigenvalue weighted by atomic mass is 16.5. The Bertz CT molecular complexity index is 535. The Morgan fingerprint density at radius 2 is 2.32 bits per heavy atom. The number of aryl methyl sites for hydroxylation is 1. The lowest BCUT2D eigenvalue weighted by Gasteiger charge is -2.25. The molecule has 7 nitrogen and oxygen atoms in total. The Kier molecular flexibility index (Phi) is 4.85. The molecule has 2 rings (SSSR count). The average molecular weight is 309 g/mol. The number of carbonyl (C=O) groups is 2. The van der Waals surface area contributed by atoms with Crippen molar-refractivity contribution in [3.05, 3.63) is 17.5 Å². The molecular formula is C15H23N3O4. The van der Waals surface area contributed by atoms with Gasteiger partial charge in [0.2, 0.25) is 12.3 Å². The average Bonchev–Trinajstić information content (AvgIpc) is 2.95. The number of amides is 2. The summed E-state index contributed by atoms with van der Waals surface area (Å²) in [5.74, 6) is 0.406. The standard InChI is InChI=1S/C15H23N3O4/c1-10-5-11(22-17-10)7-14(20)18-8-12(21-15(2,3)4)6-13(18)16-9-19/h5,9,12-13H,6-8H2,1-4H3,(H,16,19). The minimum atomic E-state index is -0.346. The highest BCUT2D eigenvalue weighted by Crippen LogP contribution is 2.24. The molecule has 2 heterocycles. The van der Waals surface area contributed by atoms with Crippen LogP contribution in [-0.2, 0) is 20.7 Å². The summed E-state index contributed by atoms with van der Waals surface area (Å²) in [7, 11) is 0. The monoisotopic (exact) mass is 309 g/mol. The zero-order valence-electron chi connectivity index (χ0n) is 13.5. The van der Waals surface area contributed by atoms with Gasteiger partial charge in [0.15, 0.2) is 0 Å². The van der Waals surface area contributed by atoms with Crippen LogP contribution in [0.15, 0.2) is 10.6 Å². The predicted octanol–water partition coefficient (Wildman–Crippen LogP) is 1.01. The number of nitrogens with one attached hydrogen (secondary N) is 1. The summed E-state index contributed by atoms with van der Waals surface area (Å²) in [4.78, 5) is 24.8. The fourth-order valence-corrected chi connectivity index (χ4v) is 2.65. The SMILES string of the molecule is Cc1cc(CC(=O)N2CC(OC(C)(C)C)CC2NC=O)on1. The summed E-state index contributed by atoms with van der Waals surface area (Å²) in [6.45, 7) is 8.16. The summed E-state index contributed by atoms with van der Waals surface area (Å²) in [5.41, 5.74) is 0.443. The molecule has 0 saturated carbocycles. The van der Waals surface area contributed by atoms with E-state index >= 15 is 0 Å². The number of hydrogen-bond donors (Lipinski definition) is 1. The molecule has 0 spiro atoms. The molecule has 0 aliphatic carbocycles. The van der Waals surface area contributed by atoms with Crippen LogP contribution in [0.3, 0.4) is 0 Å². The molecule has 1 N–H and O–H groups in total. The maximum Gasteiger partial charge on any atom is 0.232 e. The maximum absolute atomic E-state index is 12.4. The molecule has 1 aliphatic heterocycles. The Labute approximate surface area is 130 Å². The third-order valence-corrected chi connectivity index (χ3v) is 3.37. The summed E-state index contributed by atoms with van der Waals surface area (Å²) in [6.07, 6.45) is 0.875. The van der Waals surface area contributed by atoms with Crippen LogP contribution in [0.2, 0.25) is 0 Å². The van der Waals surface area contributed by atoms with E-state index < -0.39 is 0 Å². The molecule has 2 atom stereocenters. The van der Waals surface area contributed by atoms with Crippen LogP contribution in [0.4, 0.5) is 0 Å². The second-order valence-corrected chi connectivity index (χ2v) is 6.55. The molecule has 2 unspecified atom stereocenters. The molecular weight excluding hydrogens is 286 g/mol. The van der Waals surface area contributed by atoms with Crippen LogP contribution >= 0.6 is 0 Å². The predicted molar refractivity (Wildman–Crippen MR) is 78.9 cm³/mol. The number of aromatic nitrogens is 1. The van der Waals surface area contributed by atoms with Gasteiger partial charge < -0.3 is 19.5 Å². The van der Waals surface area contributed by atoms with Crippen molar-refractivity contribution in [3.8, 4) is 0 Å². The van der Waals surface area contributed by atoms with Crippen molar-refractivity contribution in [1.29, 1.82) is 0 Å². The summed E-state index contributed by atoms with van der Waals surface area (Å²) in [6, 6.07) is 1.74. The third-order valence-electron chi connectivity index (χ3n) is 3.37. The molecule has 0 bridgehead atoms. The van der Waals surface area contributed by atoms with Crippen LogP contribution in [-0.4, -0.2) is 46.8 Å². The van der Waals surface area contributed by atoms with Gasteiger partial charge in [0.1, 0.15) is 11.9 Å². The van der Waals surface area contributed by atoms with Gasteiger partial charge in [-0.2, -0.15) is 0 Å². The van der Waals surface area contributed by atoms with Gasteiger partial charge in [0, 0.05) is 19.0 Å². The van der Waals surface area contributed by atoms with Crippen molar-refractivity contribution in [2.75, 3.05) is 6.54 Å². The number of ether oxygens (including phenoxy) is 1. The molecule has 2 amide bonds. The summed E-state index contributed by atoms with van der Waals surface area (Å²) < 4.78 is 11.0. The molecule has 1 fully saturated rings. The minimum Gasteiger partial charge on any atom is -0.371 e. The number of rotatable bonds is 5. The molecule has 22 heavy (non-hydrogen) atoms. The highest BCUT2D eigenvalue weighted by molar-refractivity contribution is 5.79. The number of hydrogen-bond acceptors (Lipinski definition) is 5. The second-order valence-electron chi connectivity index (χ2n) is 6.55. The fraction of sp³-hybridized carbons (Fsp3) is 0.667. The smallest absolute Gasteiger partial charge is 0.232 e. The van der Waals surface area contributed by atoms with E-state index in [1.165, 1.54) is 0 Å². The first-order valence-corrected chi connectivity index (χ1v) is 7.37. The van der Waals surface area contributed by atoms with Crippen molar-refractivity contribution in [3.63, 3.8) is 0 Å². The Hall–Kier alpha value is -1.89. The van der Waals surface area contributed by atoms with Gasteiger partial charge >= 0.3 is 0 Å². The molecule has 1 aromatic rings. The second kappa shape index (κ2) is 6.48. The van der Waals surface area contributed by atoms with E-state index in [-0.39, 0.29) is 30.2 Å². The normalized spacial score (nSPS) is 21.9. The zero-order chi connectivity index (χ0) is 16.3. The fourth-order valence-electron chi connectivity index (χ4n) is 2.65. The van der Waals surface area contributed by atoms with Gasteiger partial charge in [0.05, 0.1) is 23.8 Å². The van der Waals surface area contributed by atoms with Crippen LogP contribution in [0.25, 0.3) is 0 Å². The van der Waals surface area contributed by atoms with E-state index in [1.807, 2.05) is 20.8 Å². The van der Waals surface area contributed by atoms with E-state index in [2.05, 4.69) is 10.5 Å². The van der Waals surface area contributed by atoms with Gasteiger partial charge in [-0.05, 0) is 27.7 Å². The lowest BCUT2D eigenvalue weighted by Crippen LogP contribution is -2.44. The largest absolute Gasteiger partial charge is 0.371 e. The van der Waals surface area contributed by atoms with Crippen molar-refractivity contribution in [2.24, 2.45) is 0 Å². The van der Waals surface area contributed by atoms with Crippen LogP contribution in [0, 0.1) is 6.92 Å². The number of nitrogens with zero attached hydrogens (tertiary/aromatic N) is 2. The van der Waals surface area contributed by atoms with Crippen LogP contribution < -0.4 is 5.32 Å². The van der Waals surface area contributed by atoms with Crippen molar-refractivity contribution in [1.82, 2.24) is 15.4 Å². The minimum absolute atomic E-state index is 0.0992. The number of carbonyl (C=O) groups excluding carboxylic acids is 2. The lowest BCUT2D eigenvalue weighted by atomic mass is 10.1. The van der Waals surface area contributed by atoms with Crippen LogP contribution in [0.5, 0.6) is 0 Å². The third kappa shape index (κ3) is 4.30. The molecule has 122 valence electrons. The summed E-state index contributed by atoms with van der Waals surface area (Å²) in [5, 5.41) is 6.45. The Balaban J connectivity index is 2.02. The van der Waals surface area contributed by atoms with E-state index in [0.717, 1.165) is 5.69 Å². The van der Waals surface area contributed by atoms with Gasteiger partial charge in [0.25, 0.3) is 0 Å². The topological polar surface area (TPSA) is 84.7 Å². The van der Waals surface area contributed by atoms with Gasteiger partial charge in [-0.3, -0.25) is 9.59 Å². The first-order valence-electron chi connectivity index (χ1n) is 7.37. The van der Waals surface area contributed by atoms with Crippen LogP contribution in [0.1, 0.15) is 38.6 Å². The number of likely N-dealkylation sites (tertiary alicyclic amines) is 1. The van der Waals surface area contributed by atoms with Gasteiger partial charge in [-0.25, -0.2) is 0 Å².